The predicted molar refractivity (Wildman–Crippen MR) is 65.9 cm³/mol. The molecule has 4 N–H and O–H groups in total. The molecule has 2 aromatic heterocycles. The molecule has 0 bridgehead atoms. The highest BCUT2D eigenvalue weighted by Gasteiger charge is 2.13. The molecule has 6 nitrogen and oxygen atoms in total. The predicted octanol–water partition coefficient (Wildman–Crippen LogP) is 1.94. The summed E-state index contributed by atoms with van der Waals surface area (Å²) >= 11 is 0. The Labute approximate surface area is 102 Å². The standard InChI is InChI=1S/C12H12N4O2/c1-6(13)12-15-11(16-18-12)10-5-7-4-8(17)2-3-9(7)14-10/h2-6,14,17H,13H2,1H3/t6-/m0/s1. The van der Waals surface area contributed by atoms with Crippen molar-refractivity contribution in [2.45, 2.75) is 13.0 Å². The van der Waals surface area contributed by atoms with Crippen LogP contribution in [0.2, 0.25) is 0 Å². The van der Waals surface area contributed by atoms with E-state index in [0.29, 0.717) is 11.7 Å². The average molecular weight is 244 g/mol. The van der Waals surface area contributed by atoms with Crippen LogP contribution in [-0.4, -0.2) is 20.2 Å². The van der Waals surface area contributed by atoms with Crippen molar-refractivity contribution >= 4 is 10.9 Å². The van der Waals surface area contributed by atoms with Gasteiger partial charge in [-0.2, -0.15) is 4.98 Å². The first-order chi connectivity index (χ1) is 8.63. The third-order valence-corrected chi connectivity index (χ3v) is 2.68. The molecule has 0 aliphatic rings. The lowest BCUT2D eigenvalue weighted by molar-refractivity contribution is 0.362. The molecule has 0 unspecified atom stereocenters. The van der Waals surface area contributed by atoms with Crippen LogP contribution in [0.4, 0.5) is 0 Å². The van der Waals surface area contributed by atoms with Gasteiger partial charge in [0.1, 0.15) is 5.75 Å². The SMILES string of the molecule is C[C@H](N)c1nc(-c2cc3cc(O)ccc3[nH]2)no1. The summed E-state index contributed by atoms with van der Waals surface area (Å²) in [7, 11) is 0. The third kappa shape index (κ3) is 1.72. The van der Waals surface area contributed by atoms with Gasteiger partial charge < -0.3 is 20.3 Å². The number of nitrogens with zero attached hydrogens (tertiary/aromatic N) is 2. The van der Waals surface area contributed by atoms with Gasteiger partial charge in [0.05, 0.1) is 11.7 Å². The molecule has 0 saturated carbocycles. The summed E-state index contributed by atoms with van der Waals surface area (Å²) in [6, 6.07) is 6.64. The quantitative estimate of drug-likeness (QED) is 0.639. The number of aromatic amines is 1. The number of nitrogens with one attached hydrogen (secondary N) is 1. The van der Waals surface area contributed by atoms with E-state index in [4.69, 9.17) is 10.3 Å². The number of hydrogen-bond acceptors (Lipinski definition) is 5. The first-order valence-corrected chi connectivity index (χ1v) is 5.55. The first kappa shape index (κ1) is 10.8. The number of nitrogens with two attached hydrogens (primary N) is 1. The summed E-state index contributed by atoms with van der Waals surface area (Å²) < 4.78 is 5.04. The van der Waals surface area contributed by atoms with Crippen molar-refractivity contribution in [3.63, 3.8) is 0 Å². The lowest BCUT2D eigenvalue weighted by Gasteiger charge is -1.92. The molecule has 1 atom stereocenters. The smallest absolute Gasteiger partial charge is 0.243 e. The van der Waals surface area contributed by atoms with Crippen molar-refractivity contribution in [3.8, 4) is 17.3 Å². The van der Waals surface area contributed by atoms with Crippen molar-refractivity contribution in [3.05, 3.63) is 30.2 Å². The fourth-order valence-corrected chi connectivity index (χ4v) is 1.77. The topological polar surface area (TPSA) is 101 Å². The first-order valence-electron chi connectivity index (χ1n) is 5.55. The van der Waals surface area contributed by atoms with Crippen LogP contribution in [0.3, 0.4) is 0 Å². The number of fused-ring (bicyclic) bond motifs is 1. The summed E-state index contributed by atoms with van der Waals surface area (Å²) in [4.78, 5) is 7.36. The number of rotatable bonds is 2. The largest absolute Gasteiger partial charge is 0.508 e. The Hall–Kier alpha value is -2.34. The molecule has 18 heavy (non-hydrogen) atoms. The van der Waals surface area contributed by atoms with Crippen LogP contribution < -0.4 is 5.73 Å². The second kappa shape index (κ2) is 3.85. The number of benzene rings is 1. The Morgan fingerprint density at radius 1 is 1.39 bits per heavy atom. The number of aromatic hydroxyl groups is 1. The molecule has 0 saturated heterocycles. The molecule has 2 heterocycles. The minimum Gasteiger partial charge on any atom is -0.508 e. The van der Waals surface area contributed by atoms with Crippen molar-refractivity contribution in [1.29, 1.82) is 0 Å². The fourth-order valence-electron chi connectivity index (χ4n) is 1.77. The van der Waals surface area contributed by atoms with Gasteiger partial charge in [-0.3, -0.25) is 0 Å². The van der Waals surface area contributed by atoms with Gasteiger partial charge in [0.25, 0.3) is 0 Å². The molecule has 0 radical (unpaired) electrons. The maximum Gasteiger partial charge on any atom is 0.243 e. The van der Waals surface area contributed by atoms with Crippen LogP contribution in [0.15, 0.2) is 28.8 Å². The highest BCUT2D eigenvalue weighted by atomic mass is 16.5. The Morgan fingerprint density at radius 3 is 2.94 bits per heavy atom. The van der Waals surface area contributed by atoms with E-state index in [9.17, 15) is 5.11 Å². The number of hydrogen-bond donors (Lipinski definition) is 3. The zero-order chi connectivity index (χ0) is 12.7. The van der Waals surface area contributed by atoms with E-state index in [2.05, 4.69) is 15.1 Å². The van der Waals surface area contributed by atoms with Gasteiger partial charge in [-0.1, -0.05) is 5.16 Å². The molecular formula is C12H12N4O2. The van der Waals surface area contributed by atoms with E-state index in [0.717, 1.165) is 16.6 Å². The van der Waals surface area contributed by atoms with Crippen molar-refractivity contribution < 1.29 is 9.63 Å². The van der Waals surface area contributed by atoms with Crippen LogP contribution in [0.1, 0.15) is 18.9 Å². The van der Waals surface area contributed by atoms with Gasteiger partial charge in [0.15, 0.2) is 0 Å². The molecule has 3 aromatic rings. The summed E-state index contributed by atoms with van der Waals surface area (Å²) in [5.74, 6) is 1.07. The lowest BCUT2D eigenvalue weighted by Crippen LogP contribution is -2.04. The summed E-state index contributed by atoms with van der Waals surface area (Å²) in [5, 5.41) is 14.2. The zero-order valence-corrected chi connectivity index (χ0v) is 9.71. The maximum atomic E-state index is 9.41. The van der Waals surface area contributed by atoms with E-state index >= 15 is 0 Å². The monoisotopic (exact) mass is 244 g/mol. The molecule has 0 amide bonds. The van der Waals surface area contributed by atoms with Gasteiger partial charge in [-0.15, -0.1) is 0 Å². The molecule has 0 fully saturated rings. The van der Waals surface area contributed by atoms with Crippen LogP contribution in [0, 0.1) is 0 Å². The lowest BCUT2D eigenvalue weighted by atomic mass is 10.2. The van der Waals surface area contributed by atoms with E-state index < -0.39 is 0 Å². The van der Waals surface area contributed by atoms with Gasteiger partial charge in [0, 0.05) is 10.9 Å². The number of aromatic nitrogens is 3. The van der Waals surface area contributed by atoms with E-state index in [1.807, 2.05) is 6.07 Å². The third-order valence-electron chi connectivity index (χ3n) is 2.68. The minimum atomic E-state index is -0.292. The van der Waals surface area contributed by atoms with E-state index in [1.165, 1.54) is 0 Å². The molecule has 6 heteroatoms. The van der Waals surface area contributed by atoms with Gasteiger partial charge in [0.2, 0.25) is 11.7 Å². The molecule has 0 aliphatic carbocycles. The number of phenolic OH excluding ortho intramolecular Hbond substituents is 1. The van der Waals surface area contributed by atoms with Gasteiger partial charge >= 0.3 is 0 Å². The second-order valence-electron chi connectivity index (χ2n) is 4.20. The van der Waals surface area contributed by atoms with Crippen LogP contribution in [0.25, 0.3) is 22.4 Å². The zero-order valence-electron chi connectivity index (χ0n) is 9.71. The average Bonchev–Trinajstić information content (AvgIpc) is 2.93. The van der Waals surface area contributed by atoms with Crippen molar-refractivity contribution in [1.82, 2.24) is 15.1 Å². The highest BCUT2D eigenvalue weighted by molar-refractivity contribution is 5.85. The van der Waals surface area contributed by atoms with Crippen LogP contribution in [-0.2, 0) is 0 Å². The number of H-pyrrole nitrogens is 1. The molecular weight excluding hydrogens is 232 g/mol. The Kier molecular flexibility index (Phi) is 2.31. The van der Waals surface area contributed by atoms with Crippen molar-refractivity contribution in [2.75, 3.05) is 0 Å². The van der Waals surface area contributed by atoms with Gasteiger partial charge in [-0.05, 0) is 31.2 Å². The minimum absolute atomic E-state index is 0.220. The Balaban J connectivity index is 2.07. The highest BCUT2D eigenvalue weighted by Crippen LogP contribution is 2.25. The normalized spacial score (nSPS) is 13.0. The molecule has 3 rings (SSSR count). The van der Waals surface area contributed by atoms with Crippen molar-refractivity contribution in [2.24, 2.45) is 5.73 Å². The second-order valence-corrected chi connectivity index (χ2v) is 4.20. The molecule has 0 aliphatic heterocycles. The number of phenols is 1. The summed E-state index contributed by atoms with van der Waals surface area (Å²) in [6.07, 6.45) is 0. The van der Waals surface area contributed by atoms with Gasteiger partial charge in [-0.25, -0.2) is 0 Å². The Bertz CT molecular complexity index is 699. The van der Waals surface area contributed by atoms with E-state index in [-0.39, 0.29) is 11.8 Å². The summed E-state index contributed by atoms with van der Waals surface area (Å²) in [5.41, 5.74) is 7.29. The van der Waals surface area contributed by atoms with Crippen LogP contribution >= 0.6 is 0 Å². The fraction of sp³-hybridized carbons (Fsp3) is 0.167. The molecule has 0 spiro atoms. The Morgan fingerprint density at radius 2 is 2.22 bits per heavy atom. The van der Waals surface area contributed by atoms with Crippen LogP contribution in [0.5, 0.6) is 5.75 Å². The summed E-state index contributed by atoms with van der Waals surface area (Å²) in [6.45, 7) is 1.78. The van der Waals surface area contributed by atoms with E-state index in [1.54, 1.807) is 25.1 Å². The molecule has 92 valence electrons. The maximum absolute atomic E-state index is 9.41. The molecule has 1 aromatic carbocycles.